The molecule has 0 unspecified atom stereocenters. The van der Waals surface area contributed by atoms with Crippen molar-refractivity contribution in [2.45, 2.75) is 31.1 Å². The van der Waals surface area contributed by atoms with Gasteiger partial charge < -0.3 is 9.47 Å². The third-order valence-electron chi connectivity index (χ3n) is 5.08. The van der Waals surface area contributed by atoms with Crippen LogP contribution < -0.4 is 0 Å². The molecule has 0 amide bonds. The third kappa shape index (κ3) is 5.58. The first kappa shape index (κ1) is 23.1. The molecule has 8 heteroatoms. The fourth-order valence-electron chi connectivity index (χ4n) is 3.17. The summed E-state index contributed by atoms with van der Waals surface area (Å²) in [6.45, 7) is 7.02. The molecule has 0 atom stereocenters. The molecule has 0 radical (unpaired) electrons. The molecule has 0 aromatic heterocycles. The highest BCUT2D eigenvalue weighted by Crippen LogP contribution is 2.22. The van der Waals surface area contributed by atoms with Gasteiger partial charge in [0.2, 0.25) is 10.0 Å². The minimum absolute atomic E-state index is 0.00736. The quantitative estimate of drug-likeness (QED) is 0.502. The van der Waals surface area contributed by atoms with Crippen molar-refractivity contribution in [2.75, 3.05) is 32.9 Å². The van der Waals surface area contributed by atoms with E-state index < -0.39 is 22.6 Å². The molecule has 7 nitrogen and oxygen atoms in total. The second kappa shape index (κ2) is 9.30. The molecule has 166 valence electrons. The van der Waals surface area contributed by atoms with Gasteiger partial charge in [-0.3, -0.25) is 4.79 Å². The summed E-state index contributed by atoms with van der Waals surface area (Å²) >= 11 is 0. The molecular formula is C23H27NO6S. The van der Waals surface area contributed by atoms with Crippen molar-refractivity contribution in [3.8, 4) is 0 Å². The van der Waals surface area contributed by atoms with E-state index in [0.29, 0.717) is 18.8 Å². The van der Waals surface area contributed by atoms with Crippen LogP contribution in [0.5, 0.6) is 0 Å². The number of morpholine rings is 1. The standard InChI is InChI=1S/C23H27NO6S/c1-23(2,3)19-9-7-17(8-10-19)21(25)16-30-22(26)18-5-4-6-20(15-18)31(27,28)24-11-13-29-14-12-24/h4-10,15H,11-14,16H2,1-3H3. The Morgan fingerprint density at radius 2 is 1.65 bits per heavy atom. The average molecular weight is 446 g/mol. The second-order valence-corrected chi connectivity index (χ2v) is 10.3. The maximum atomic E-state index is 12.8. The number of hydrogen-bond acceptors (Lipinski definition) is 6. The van der Waals surface area contributed by atoms with E-state index in [2.05, 4.69) is 20.8 Å². The lowest BCUT2D eigenvalue weighted by atomic mass is 9.86. The van der Waals surface area contributed by atoms with Gasteiger partial charge in [-0.2, -0.15) is 4.31 Å². The molecule has 0 spiro atoms. The van der Waals surface area contributed by atoms with Crippen molar-refractivity contribution in [1.82, 2.24) is 4.31 Å². The summed E-state index contributed by atoms with van der Waals surface area (Å²) in [5.41, 5.74) is 1.59. The molecule has 3 rings (SSSR count). The van der Waals surface area contributed by atoms with E-state index in [1.165, 1.54) is 28.6 Å². The number of sulfonamides is 1. The van der Waals surface area contributed by atoms with Crippen molar-refractivity contribution in [2.24, 2.45) is 0 Å². The number of rotatable bonds is 6. The average Bonchev–Trinajstić information content (AvgIpc) is 2.77. The van der Waals surface area contributed by atoms with Crippen molar-refractivity contribution < 1.29 is 27.5 Å². The SMILES string of the molecule is CC(C)(C)c1ccc(C(=O)COC(=O)c2cccc(S(=O)(=O)N3CCOCC3)c2)cc1. The van der Waals surface area contributed by atoms with Gasteiger partial charge in [0.25, 0.3) is 0 Å². The second-order valence-electron chi connectivity index (χ2n) is 8.37. The van der Waals surface area contributed by atoms with Crippen LogP contribution in [0.3, 0.4) is 0 Å². The fourth-order valence-corrected chi connectivity index (χ4v) is 4.63. The van der Waals surface area contributed by atoms with Gasteiger partial charge in [-0.15, -0.1) is 0 Å². The van der Waals surface area contributed by atoms with Crippen molar-refractivity contribution in [1.29, 1.82) is 0 Å². The summed E-state index contributed by atoms with van der Waals surface area (Å²) in [6.07, 6.45) is 0. The van der Waals surface area contributed by atoms with Crippen LogP contribution in [0, 0.1) is 0 Å². The molecule has 1 fully saturated rings. The summed E-state index contributed by atoms with van der Waals surface area (Å²) in [4.78, 5) is 24.8. The van der Waals surface area contributed by atoms with Gasteiger partial charge in [0.15, 0.2) is 12.4 Å². The molecule has 0 saturated carbocycles. The van der Waals surface area contributed by atoms with E-state index in [0.717, 1.165) is 5.56 Å². The molecule has 31 heavy (non-hydrogen) atoms. The molecule has 1 aliphatic rings. The Hall–Kier alpha value is -2.55. The van der Waals surface area contributed by atoms with Crippen LogP contribution >= 0.6 is 0 Å². The first-order valence-electron chi connectivity index (χ1n) is 10.1. The zero-order valence-electron chi connectivity index (χ0n) is 18.0. The van der Waals surface area contributed by atoms with Crippen LogP contribution in [0.2, 0.25) is 0 Å². The van der Waals surface area contributed by atoms with Gasteiger partial charge in [0, 0.05) is 18.7 Å². The summed E-state index contributed by atoms with van der Waals surface area (Å²) in [5.74, 6) is -1.08. The number of hydrogen-bond donors (Lipinski definition) is 0. The van der Waals surface area contributed by atoms with Crippen LogP contribution in [-0.2, 0) is 24.9 Å². The van der Waals surface area contributed by atoms with E-state index in [4.69, 9.17) is 9.47 Å². The van der Waals surface area contributed by atoms with Crippen molar-refractivity contribution in [3.05, 3.63) is 65.2 Å². The van der Waals surface area contributed by atoms with E-state index >= 15 is 0 Å². The zero-order chi connectivity index (χ0) is 22.6. The smallest absolute Gasteiger partial charge is 0.338 e. The van der Waals surface area contributed by atoms with Gasteiger partial charge in [-0.05, 0) is 29.2 Å². The summed E-state index contributed by atoms with van der Waals surface area (Å²) in [7, 11) is -3.73. The fraction of sp³-hybridized carbons (Fsp3) is 0.391. The molecule has 2 aromatic carbocycles. The predicted octanol–water partition coefficient (Wildman–Crippen LogP) is 3.04. The monoisotopic (exact) mass is 445 g/mol. The Labute approximate surface area is 183 Å². The highest BCUT2D eigenvalue weighted by Gasteiger charge is 2.27. The lowest BCUT2D eigenvalue weighted by Gasteiger charge is -2.26. The third-order valence-corrected chi connectivity index (χ3v) is 6.98. The van der Waals surface area contributed by atoms with E-state index in [-0.39, 0.29) is 34.7 Å². The molecule has 0 aliphatic carbocycles. The van der Waals surface area contributed by atoms with Crippen molar-refractivity contribution >= 4 is 21.8 Å². The predicted molar refractivity (Wildman–Crippen MR) is 116 cm³/mol. The van der Waals surface area contributed by atoms with Crippen LogP contribution in [0.4, 0.5) is 0 Å². The molecule has 2 aromatic rings. The van der Waals surface area contributed by atoms with Gasteiger partial charge in [-0.25, -0.2) is 13.2 Å². The topological polar surface area (TPSA) is 90.0 Å². The number of Topliss-reactive ketones (excluding diaryl/α,β-unsaturated/α-hetero) is 1. The minimum Gasteiger partial charge on any atom is -0.454 e. The lowest BCUT2D eigenvalue weighted by molar-refractivity contribution is 0.0474. The number of carbonyl (C=O) groups excluding carboxylic acids is 2. The van der Waals surface area contributed by atoms with E-state index in [1.807, 2.05) is 12.1 Å². The van der Waals surface area contributed by atoms with Gasteiger partial charge >= 0.3 is 5.97 Å². The Bertz CT molecular complexity index is 1050. The maximum Gasteiger partial charge on any atom is 0.338 e. The van der Waals surface area contributed by atoms with Gasteiger partial charge in [0.05, 0.1) is 23.7 Å². The lowest BCUT2D eigenvalue weighted by Crippen LogP contribution is -2.40. The van der Waals surface area contributed by atoms with E-state index in [9.17, 15) is 18.0 Å². The number of nitrogens with zero attached hydrogens (tertiary/aromatic N) is 1. The normalized spacial score (nSPS) is 15.5. The highest BCUT2D eigenvalue weighted by atomic mass is 32.2. The zero-order valence-corrected chi connectivity index (χ0v) is 18.8. The molecule has 0 bridgehead atoms. The van der Waals surface area contributed by atoms with Gasteiger partial charge in [0.1, 0.15) is 0 Å². The Morgan fingerprint density at radius 1 is 1.00 bits per heavy atom. The Balaban J connectivity index is 1.66. The molecule has 1 aliphatic heterocycles. The number of ketones is 1. The summed E-state index contributed by atoms with van der Waals surface area (Å²) < 4.78 is 37.2. The number of carbonyl (C=O) groups is 2. The molecule has 1 saturated heterocycles. The number of ether oxygens (including phenoxy) is 2. The largest absolute Gasteiger partial charge is 0.454 e. The molecular weight excluding hydrogens is 418 g/mol. The van der Waals surface area contributed by atoms with Crippen LogP contribution in [-0.4, -0.2) is 57.4 Å². The number of benzene rings is 2. The van der Waals surface area contributed by atoms with Gasteiger partial charge in [-0.1, -0.05) is 51.1 Å². The van der Waals surface area contributed by atoms with Crippen LogP contribution in [0.15, 0.2) is 53.4 Å². The molecule has 0 N–H and O–H groups in total. The summed E-state index contributed by atoms with van der Waals surface area (Å²) in [6, 6.07) is 12.8. The van der Waals surface area contributed by atoms with Crippen LogP contribution in [0.25, 0.3) is 0 Å². The Kier molecular flexibility index (Phi) is 6.93. The number of esters is 1. The van der Waals surface area contributed by atoms with E-state index in [1.54, 1.807) is 12.1 Å². The van der Waals surface area contributed by atoms with Crippen LogP contribution in [0.1, 0.15) is 47.1 Å². The molecule has 1 heterocycles. The maximum absolute atomic E-state index is 12.8. The Morgan fingerprint density at radius 3 is 2.26 bits per heavy atom. The highest BCUT2D eigenvalue weighted by molar-refractivity contribution is 7.89. The first-order valence-corrected chi connectivity index (χ1v) is 11.5. The summed E-state index contributed by atoms with van der Waals surface area (Å²) in [5, 5.41) is 0. The first-order chi connectivity index (χ1) is 14.6. The van der Waals surface area contributed by atoms with Crippen molar-refractivity contribution in [3.63, 3.8) is 0 Å². The minimum atomic E-state index is -3.73.